The first kappa shape index (κ1) is 15.5. The highest BCUT2D eigenvalue weighted by atomic mass is 79.9. The van der Waals surface area contributed by atoms with Crippen LogP contribution in [0.3, 0.4) is 0 Å². The van der Waals surface area contributed by atoms with Crippen LogP contribution in [0.25, 0.3) is 0 Å². The number of rotatable bonds is 4. The number of benzene rings is 1. The van der Waals surface area contributed by atoms with Gasteiger partial charge in [-0.3, -0.25) is 5.32 Å². The lowest BCUT2D eigenvalue weighted by Crippen LogP contribution is -2.31. The van der Waals surface area contributed by atoms with E-state index in [1.165, 1.54) is 17.4 Å². The van der Waals surface area contributed by atoms with Gasteiger partial charge in [0, 0.05) is 4.47 Å². The van der Waals surface area contributed by atoms with Crippen LogP contribution >= 0.6 is 27.3 Å². The molecule has 0 fully saturated rings. The first-order chi connectivity index (χ1) is 9.97. The summed E-state index contributed by atoms with van der Waals surface area (Å²) in [6, 6.07) is 8.44. The van der Waals surface area contributed by atoms with Crippen LogP contribution in [0.2, 0.25) is 0 Å². The summed E-state index contributed by atoms with van der Waals surface area (Å²) in [5, 5.41) is 16.3. The maximum atomic E-state index is 11.9. The predicted molar refractivity (Wildman–Crippen MR) is 86.0 cm³/mol. The third-order valence-electron chi connectivity index (χ3n) is 2.84. The zero-order valence-corrected chi connectivity index (χ0v) is 13.5. The third-order valence-corrected chi connectivity index (χ3v) is 4.20. The molecule has 0 aliphatic heterocycles. The molecule has 0 aliphatic carbocycles. The van der Waals surface area contributed by atoms with Crippen molar-refractivity contribution in [2.24, 2.45) is 0 Å². The number of amides is 2. The monoisotopic (exact) mass is 368 g/mol. The van der Waals surface area contributed by atoms with Gasteiger partial charge in [0.15, 0.2) is 0 Å². The second kappa shape index (κ2) is 6.73. The summed E-state index contributed by atoms with van der Waals surface area (Å²) < 4.78 is 0.965. The normalized spacial score (nSPS) is 11.7. The minimum absolute atomic E-state index is 0.0893. The summed E-state index contributed by atoms with van der Waals surface area (Å²) >= 11 is 4.52. The van der Waals surface area contributed by atoms with E-state index in [0.29, 0.717) is 5.00 Å². The fourth-order valence-corrected chi connectivity index (χ4v) is 2.78. The van der Waals surface area contributed by atoms with Crippen molar-refractivity contribution in [3.05, 3.63) is 51.3 Å². The van der Waals surface area contributed by atoms with Crippen LogP contribution in [-0.2, 0) is 0 Å². The second-order valence-electron chi connectivity index (χ2n) is 4.34. The number of anilines is 1. The Labute approximate surface area is 134 Å². The SMILES string of the molecule is C[C@@H](NC(=O)Nc1sccc1C(=O)O)c1ccc(Br)cc1. The minimum Gasteiger partial charge on any atom is -0.478 e. The molecule has 21 heavy (non-hydrogen) atoms. The lowest BCUT2D eigenvalue weighted by molar-refractivity contribution is 0.0698. The average Bonchev–Trinajstić information content (AvgIpc) is 2.87. The Bertz CT molecular complexity index is 654. The van der Waals surface area contributed by atoms with Crippen LogP contribution in [0.15, 0.2) is 40.2 Å². The van der Waals surface area contributed by atoms with Crippen molar-refractivity contribution >= 4 is 44.3 Å². The lowest BCUT2D eigenvalue weighted by atomic mass is 10.1. The lowest BCUT2D eigenvalue weighted by Gasteiger charge is -2.15. The van der Waals surface area contributed by atoms with Gasteiger partial charge in [-0.25, -0.2) is 9.59 Å². The fourth-order valence-electron chi connectivity index (χ4n) is 1.75. The Morgan fingerprint density at radius 3 is 2.52 bits per heavy atom. The summed E-state index contributed by atoms with van der Waals surface area (Å²) in [4.78, 5) is 22.9. The summed E-state index contributed by atoms with van der Waals surface area (Å²) in [6.45, 7) is 1.86. The highest BCUT2D eigenvalue weighted by molar-refractivity contribution is 9.10. The van der Waals surface area contributed by atoms with E-state index in [1.54, 1.807) is 5.38 Å². The number of halogens is 1. The van der Waals surface area contributed by atoms with Gasteiger partial charge in [0.05, 0.1) is 11.6 Å². The molecule has 0 spiro atoms. The highest BCUT2D eigenvalue weighted by Gasteiger charge is 2.15. The number of carbonyl (C=O) groups excluding carboxylic acids is 1. The number of hydrogen-bond acceptors (Lipinski definition) is 3. The van der Waals surface area contributed by atoms with Crippen molar-refractivity contribution in [3.8, 4) is 0 Å². The molecule has 3 N–H and O–H groups in total. The summed E-state index contributed by atoms with van der Waals surface area (Å²) in [5.74, 6) is -1.06. The Hall–Kier alpha value is -1.86. The quantitative estimate of drug-likeness (QED) is 0.760. The molecule has 2 amide bonds. The van der Waals surface area contributed by atoms with E-state index in [1.807, 2.05) is 31.2 Å². The average molecular weight is 369 g/mol. The second-order valence-corrected chi connectivity index (χ2v) is 6.17. The molecule has 5 nitrogen and oxygen atoms in total. The molecule has 7 heteroatoms. The van der Waals surface area contributed by atoms with Gasteiger partial charge >= 0.3 is 12.0 Å². The predicted octanol–water partition coefficient (Wildman–Crippen LogP) is 4.09. The Morgan fingerprint density at radius 1 is 1.24 bits per heavy atom. The maximum Gasteiger partial charge on any atom is 0.338 e. The number of hydrogen-bond donors (Lipinski definition) is 3. The molecule has 2 rings (SSSR count). The van der Waals surface area contributed by atoms with E-state index in [9.17, 15) is 9.59 Å². The van der Waals surface area contributed by atoms with Gasteiger partial charge < -0.3 is 10.4 Å². The van der Waals surface area contributed by atoms with Crippen molar-refractivity contribution in [1.29, 1.82) is 0 Å². The number of aromatic carboxylic acids is 1. The van der Waals surface area contributed by atoms with E-state index in [4.69, 9.17) is 5.11 Å². The summed E-state index contributed by atoms with van der Waals surface area (Å²) in [7, 11) is 0. The van der Waals surface area contributed by atoms with Crippen LogP contribution in [0.4, 0.5) is 9.80 Å². The van der Waals surface area contributed by atoms with Crippen LogP contribution < -0.4 is 10.6 Å². The van der Waals surface area contributed by atoms with Gasteiger partial charge in [0.25, 0.3) is 0 Å². The van der Waals surface area contributed by atoms with Gasteiger partial charge in [-0.15, -0.1) is 11.3 Å². The first-order valence-corrected chi connectivity index (χ1v) is 7.78. The van der Waals surface area contributed by atoms with E-state index in [0.717, 1.165) is 10.0 Å². The van der Waals surface area contributed by atoms with Crippen molar-refractivity contribution in [2.75, 3.05) is 5.32 Å². The Balaban J connectivity index is 1.99. The zero-order valence-electron chi connectivity index (χ0n) is 11.1. The number of urea groups is 1. The van der Waals surface area contributed by atoms with Crippen molar-refractivity contribution in [2.45, 2.75) is 13.0 Å². The van der Waals surface area contributed by atoms with Gasteiger partial charge in [0.1, 0.15) is 5.00 Å². The van der Waals surface area contributed by atoms with Crippen molar-refractivity contribution in [3.63, 3.8) is 0 Å². The molecule has 0 bridgehead atoms. The highest BCUT2D eigenvalue weighted by Crippen LogP contribution is 2.23. The molecule has 1 aromatic heterocycles. The molecule has 0 radical (unpaired) electrons. The minimum atomic E-state index is -1.06. The topological polar surface area (TPSA) is 78.4 Å². The number of nitrogens with one attached hydrogen (secondary N) is 2. The third kappa shape index (κ3) is 4.05. The van der Waals surface area contributed by atoms with E-state index >= 15 is 0 Å². The van der Waals surface area contributed by atoms with Crippen LogP contribution in [0, 0.1) is 0 Å². The molecular weight excluding hydrogens is 356 g/mol. The first-order valence-electron chi connectivity index (χ1n) is 6.11. The van der Waals surface area contributed by atoms with Crippen LogP contribution in [-0.4, -0.2) is 17.1 Å². The maximum absolute atomic E-state index is 11.9. The van der Waals surface area contributed by atoms with Gasteiger partial charge in [0.2, 0.25) is 0 Å². The Morgan fingerprint density at radius 2 is 1.90 bits per heavy atom. The molecular formula is C14H13BrN2O3S. The molecule has 0 saturated carbocycles. The van der Waals surface area contributed by atoms with Crippen LogP contribution in [0.1, 0.15) is 28.9 Å². The van der Waals surface area contributed by atoms with E-state index < -0.39 is 12.0 Å². The molecule has 1 heterocycles. The molecule has 2 aromatic rings. The fraction of sp³-hybridized carbons (Fsp3) is 0.143. The van der Waals surface area contributed by atoms with Gasteiger partial charge in [-0.05, 0) is 36.1 Å². The number of carbonyl (C=O) groups is 2. The van der Waals surface area contributed by atoms with Gasteiger partial charge in [-0.1, -0.05) is 28.1 Å². The molecule has 110 valence electrons. The molecule has 0 aliphatic rings. The van der Waals surface area contributed by atoms with Crippen molar-refractivity contribution in [1.82, 2.24) is 5.32 Å². The van der Waals surface area contributed by atoms with E-state index in [-0.39, 0.29) is 11.6 Å². The molecule has 0 unspecified atom stereocenters. The largest absolute Gasteiger partial charge is 0.478 e. The van der Waals surface area contributed by atoms with Crippen LogP contribution in [0.5, 0.6) is 0 Å². The molecule has 1 atom stereocenters. The molecule has 1 aromatic carbocycles. The van der Waals surface area contributed by atoms with E-state index in [2.05, 4.69) is 26.6 Å². The van der Waals surface area contributed by atoms with Crippen molar-refractivity contribution < 1.29 is 14.7 Å². The number of thiophene rings is 1. The zero-order chi connectivity index (χ0) is 15.4. The standard InChI is InChI=1S/C14H13BrN2O3S/c1-8(9-2-4-10(15)5-3-9)16-14(20)17-12-11(13(18)19)6-7-21-12/h2-8H,1H3,(H,18,19)(H2,16,17,20)/t8-/m1/s1. The Kier molecular flexibility index (Phi) is 4.98. The summed E-state index contributed by atoms with van der Waals surface area (Å²) in [6.07, 6.45) is 0. The number of carboxylic acids is 1. The number of carboxylic acid groups (broad SMARTS) is 1. The smallest absolute Gasteiger partial charge is 0.338 e. The summed E-state index contributed by atoms with van der Waals surface area (Å²) in [5.41, 5.74) is 1.05. The van der Waals surface area contributed by atoms with Gasteiger partial charge in [-0.2, -0.15) is 0 Å². The molecule has 0 saturated heterocycles.